The third kappa shape index (κ3) is 4.47. The molecule has 0 aromatic carbocycles. The number of hydrogen-bond donors (Lipinski definition) is 1. The molecule has 1 heterocycles. The highest BCUT2D eigenvalue weighted by Crippen LogP contribution is 2.22. The summed E-state index contributed by atoms with van der Waals surface area (Å²) in [4.78, 5) is 14.3. The number of amides is 1. The van der Waals surface area contributed by atoms with Crippen LogP contribution in [0.4, 0.5) is 0 Å². The Bertz CT molecular complexity index is 233. The van der Waals surface area contributed by atoms with Gasteiger partial charge < -0.3 is 10.6 Å². The second-order valence-corrected chi connectivity index (χ2v) is 5.14. The average molecular weight is 263 g/mol. The minimum atomic E-state index is 0. The quantitative estimate of drug-likeness (QED) is 0.847. The number of rotatable bonds is 4. The van der Waals surface area contributed by atoms with E-state index in [2.05, 4.69) is 6.92 Å². The molecule has 102 valence electrons. The highest BCUT2D eigenvalue weighted by molar-refractivity contribution is 5.85. The Hall–Kier alpha value is -0.280. The van der Waals surface area contributed by atoms with Gasteiger partial charge >= 0.3 is 0 Å². The maximum atomic E-state index is 12.3. The van der Waals surface area contributed by atoms with Crippen molar-refractivity contribution < 1.29 is 4.79 Å². The van der Waals surface area contributed by atoms with Gasteiger partial charge in [0.25, 0.3) is 0 Å². The predicted octanol–water partition coefficient (Wildman–Crippen LogP) is 2.57. The number of nitrogens with two attached hydrogens (primary N) is 1. The number of halogens is 1. The zero-order chi connectivity index (χ0) is 12.1. The van der Waals surface area contributed by atoms with Gasteiger partial charge in [-0.3, -0.25) is 4.79 Å². The minimum Gasteiger partial charge on any atom is -0.338 e. The van der Waals surface area contributed by atoms with Crippen molar-refractivity contribution in [2.45, 2.75) is 65.0 Å². The van der Waals surface area contributed by atoms with Crippen molar-refractivity contribution in [2.24, 2.45) is 11.7 Å². The van der Waals surface area contributed by atoms with Crippen molar-refractivity contribution in [3.05, 3.63) is 0 Å². The van der Waals surface area contributed by atoms with Crippen LogP contribution in [-0.4, -0.2) is 29.4 Å². The largest absolute Gasteiger partial charge is 0.338 e. The lowest BCUT2D eigenvalue weighted by atomic mass is 9.94. The fourth-order valence-electron chi connectivity index (χ4n) is 2.62. The molecule has 0 aromatic rings. The van der Waals surface area contributed by atoms with Crippen LogP contribution in [-0.2, 0) is 4.79 Å². The topological polar surface area (TPSA) is 46.3 Å². The van der Waals surface area contributed by atoms with E-state index in [1.165, 1.54) is 6.42 Å². The molecule has 1 aliphatic rings. The van der Waals surface area contributed by atoms with E-state index in [4.69, 9.17) is 5.73 Å². The Kier molecular flexibility index (Phi) is 7.80. The van der Waals surface area contributed by atoms with Gasteiger partial charge in [-0.2, -0.15) is 0 Å². The maximum absolute atomic E-state index is 12.3. The van der Waals surface area contributed by atoms with Crippen molar-refractivity contribution in [3.63, 3.8) is 0 Å². The van der Waals surface area contributed by atoms with Gasteiger partial charge in [0.2, 0.25) is 5.91 Å². The van der Waals surface area contributed by atoms with Crippen LogP contribution >= 0.6 is 12.4 Å². The van der Waals surface area contributed by atoms with Gasteiger partial charge in [-0.15, -0.1) is 12.4 Å². The first-order valence-corrected chi connectivity index (χ1v) is 6.64. The average Bonchev–Trinajstić information content (AvgIpc) is 2.28. The lowest BCUT2D eigenvalue weighted by Gasteiger charge is -2.39. The molecule has 3 unspecified atom stereocenters. The fourth-order valence-corrected chi connectivity index (χ4v) is 2.62. The molecule has 3 atom stereocenters. The van der Waals surface area contributed by atoms with E-state index in [0.29, 0.717) is 5.91 Å². The number of carbonyl (C=O) groups excluding carboxylic acids is 1. The molecule has 2 N–H and O–H groups in total. The summed E-state index contributed by atoms with van der Waals surface area (Å²) in [5.41, 5.74) is 5.98. The van der Waals surface area contributed by atoms with E-state index in [9.17, 15) is 4.79 Å². The van der Waals surface area contributed by atoms with E-state index in [0.717, 1.165) is 32.2 Å². The van der Waals surface area contributed by atoms with Gasteiger partial charge in [0.1, 0.15) is 0 Å². The standard InChI is InChI=1S/C13H26N2O.ClH/c1-4-7-10(2)13(16)15-9-6-5-8-12(15)11(3)14;/h10-12H,4-9,14H2,1-3H3;1H. The predicted molar refractivity (Wildman–Crippen MR) is 74.3 cm³/mol. The summed E-state index contributed by atoms with van der Waals surface area (Å²) in [5.74, 6) is 0.466. The van der Waals surface area contributed by atoms with E-state index >= 15 is 0 Å². The van der Waals surface area contributed by atoms with Crippen LogP contribution in [0.2, 0.25) is 0 Å². The van der Waals surface area contributed by atoms with E-state index in [-0.39, 0.29) is 30.4 Å². The number of piperidine rings is 1. The van der Waals surface area contributed by atoms with Crippen molar-refractivity contribution in [2.75, 3.05) is 6.54 Å². The molecule has 1 amide bonds. The van der Waals surface area contributed by atoms with Gasteiger partial charge in [0, 0.05) is 24.5 Å². The van der Waals surface area contributed by atoms with Gasteiger partial charge in [-0.1, -0.05) is 20.3 Å². The first kappa shape index (κ1) is 16.7. The molecular formula is C13H27ClN2O. The maximum Gasteiger partial charge on any atom is 0.225 e. The lowest BCUT2D eigenvalue weighted by molar-refractivity contribution is -0.139. The fraction of sp³-hybridized carbons (Fsp3) is 0.923. The summed E-state index contributed by atoms with van der Waals surface area (Å²) in [6.07, 6.45) is 5.47. The van der Waals surface area contributed by atoms with Crippen LogP contribution in [0.1, 0.15) is 52.9 Å². The molecule has 17 heavy (non-hydrogen) atoms. The Morgan fingerprint density at radius 2 is 2.06 bits per heavy atom. The molecule has 1 fully saturated rings. The zero-order valence-electron chi connectivity index (χ0n) is 11.3. The van der Waals surface area contributed by atoms with Gasteiger partial charge in [0.05, 0.1) is 0 Å². The van der Waals surface area contributed by atoms with E-state index in [1.807, 2.05) is 18.7 Å². The van der Waals surface area contributed by atoms with Gasteiger partial charge in [-0.05, 0) is 32.6 Å². The van der Waals surface area contributed by atoms with Crippen molar-refractivity contribution in [1.82, 2.24) is 4.90 Å². The molecule has 0 bridgehead atoms. The van der Waals surface area contributed by atoms with Crippen LogP contribution in [0.25, 0.3) is 0 Å². The van der Waals surface area contributed by atoms with E-state index < -0.39 is 0 Å². The first-order valence-electron chi connectivity index (χ1n) is 6.64. The van der Waals surface area contributed by atoms with Crippen LogP contribution in [0.3, 0.4) is 0 Å². The van der Waals surface area contributed by atoms with Gasteiger partial charge in [-0.25, -0.2) is 0 Å². The van der Waals surface area contributed by atoms with Crippen LogP contribution in [0.15, 0.2) is 0 Å². The SMILES string of the molecule is CCCC(C)C(=O)N1CCCCC1C(C)N.Cl. The summed E-state index contributed by atoms with van der Waals surface area (Å²) < 4.78 is 0. The molecule has 0 saturated carbocycles. The molecule has 4 heteroatoms. The first-order chi connectivity index (χ1) is 7.57. The normalized spacial score (nSPS) is 23.8. The Balaban J connectivity index is 0.00000256. The Morgan fingerprint density at radius 3 is 2.59 bits per heavy atom. The highest BCUT2D eigenvalue weighted by Gasteiger charge is 2.31. The Labute approximate surface area is 112 Å². The number of likely N-dealkylation sites (tertiary alicyclic amines) is 1. The second-order valence-electron chi connectivity index (χ2n) is 5.14. The summed E-state index contributed by atoms with van der Waals surface area (Å²) >= 11 is 0. The molecule has 0 aromatic heterocycles. The number of carbonyl (C=O) groups is 1. The summed E-state index contributed by atoms with van der Waals surface area (Å²) in [6.45, 7) is 7.08. The summed E-state index contributed by atoms with van der Waals surface area (Å²) in [6, 6.07) is 0.360. The van der Waals surface area contributed by atoms with Crippen LogP contribution in [0.5, 0.6) is 0 Å². The molecule has 0 radical (unpaired) electrons. The zero-order valence-corrected chi connectivity index (χ0v) is 12.1. The molecule has 1 saturated heterocycles. The minimum absolute atomic E-state index is 0. The lowest BCUT2D eigenvalue weighted by Crippen LogP contribution is -2.53. The number of hydrogen-bond acceptors (Lipinski definition) is 2. The molecular weight excluding hydrogens is 236 g/mol. The van der Waals surface area contributed by atoms with Crippen molar-refractivity contribution in [1.29, 1.82) is 0 Å². The van der Waals surface area contributed by atoms with Gasteiger partial charge in [0.15, 0.2) is 0 Å². The molecule has 1 aliphatic heterocycles. The summed E-state index contributed by atoms with van der Waals surface area (Å²) in [7, 11) is 0. The monoisotopic (exact) mass is 262 g/mol. The molecule has 0 spiro atoms. The second kappa shape index (κ2) is 7.93. The third-order valence-corrected chi connectivity index (χ3v) is 3.58. The van der Waals surface area contributed by atoms with Crippen molar-refractivity contribution >= 4 is 18.3 Å². The summed E-state index contributed by atoms with van der Waals surface area (Å²) in [5, 5.41) is 0. The third-order valence-electron chi connectivity index (χ3n) is 3.58. The molecule has 3 nitrogen and oxygen atoms in total. The molecule has 0 aliphatic carbocycles. The molecule has 1 rings (SSSR count). The number of nitrogens with zero attached hydrogens (tertiary/aromatic N) is 1. The van der Waals surface area contributed by atoms with Crippen molar-refractivity contribution in [3.8, 4) is 0 Å². The van der Waals surface area contributed by atoms with E-state index in [1.54, 1.807) is 0 Å². The smallest absolute Gasteiger partial charge is 0.225 e. The Morgan fingerprint density at radius 1 is 1.41 bits per heavy atom. The van der Waals surface area contributed by atoms with Crippen LogP contribution in [0, 0.1) is 5.92 Å². The highest BCUT2D eigenvalue weighted by atomic mass is 35.5. The van der Waals surface area contributed by atoms with Crippen LogP contribution < -0.4 is 5.73 Å².